The van der Waals surface area contributed by atoms with Crippen molar-refractivity contribution in [2.24, 2.45) is 5.92 Å². The van der Waals surface area contributed by atoms with Crippen molar-refractivity contribution in [3.05, 3.63) is 59.8 Å². The van der Waals surface area contributed by atoms with E-state index in [-0.39, 0.29) is 25.2 Å². The molecule has 4 rings (SSSR count). The van der Waals surface area contributed by atoms with Gasteiger partial charge in [0.05, 0.1) is 10.6 Å². The Morgan fingerprint density at radius 1 is 1.20 bits per heavy atom. The van der Waals surface area contributed by atoms with Gasteiger partial charge in [-0.15, -0.1) is 0 Å². The van der Waals surface area contributed by atoms with Crippen LogP contribution in [0.3, 0.4) is 0 Å². The summed E-state index contributed by atoms with van der Waals surface area (Å²) in [5, 5.41) is 7.55. The van der Waals surface area contributed by atoms with Crippen molar-refractivity contribution in [2.45, 2.75) is 20.3 Å². The van der Waals surface area contributed by atoms with E-state index >= 15 is 0 Å². The Bertz CT molecular complexity index is 872. The van der Waals surface area contributed by atoms with Crippen molar-refractivity contribution in [2.75, 3.05) is 18.4 Å². The summed E-state index contributed by atoms with van der Waals surface area (Å²) in [5.41, 5.74) is 3.30. The second-order valence-corrected chi connectivity index (χ2v) is 7.18. The molecule has 1 amide bonds. The molecule has 2 N–H and O–H groups in total. The van der Waals surface area contributed by atoms with E-state index in [0.29, 0.717) is 6.54 Å². The zero-order valence-electron chi connectivity index (χ0n) is 13.5. The molecule has 25 heavy (non-hydrogen) atoms. The molecule has 3 aromatic rings. The van der Waals surface area contributed by atoms with Gasteiger partial charge in [-0.25, -0.2) is 0 Å². The highest BCUT2D eigenvalue weighted by Gasteiger charge is 2.33. The van der Waals surface area contributed by atoms with Gasteiger partial charge in [0.15, 0.2) is 0 Å². The molecule has 130 valence electrons. The molecule has 1 fully saturated rings. The van der Waals surface area contributed by atoms with Crippen LogP contribution < -0.4 is 10.6 Å². The van der Waals surface area contributed by atoms with Crippen LogP contribution in [0.2, 0.25) is 0 Å². The Morgan fingerprint density at radius 2 is 2.00 bits per heavy atom. The van der Waals surface area contributed by atoms with E-state index in [2.05, 4.69) is 46.2 Å². The predicted molar refractivity (Wildman–Crippen MR) is 105 cm³/mol. The summed E-state index contributed by atoms with van der Waals surface area (Å²) in [4.78, 5) is 12.8. The van der Waals surface area contributed by atoms with E-state index in [1.54, 1.807) is 0 Å². The fourth-order valence-corrected chi connectivity index (χ4v) is 3.98. The first-order valence-corrected chi connectivity index (χ1v) is 8.90. The molecule has 5 heteroatoms. The van der Waals surface area contributed by atoms with Crippen molar-refractivity contribution in [3.8, 4) is 0 Å². The molecule has 4 nitrogen and oxygen atoms in total. The van der Waals surface area contributed by atoms with Crippen LogP contribution in [0.1, 0.15) is 24.5 Å². The van der Waals surface area contributed by atoms with Gasteiger partial charge in [-0.2, -0.15) is 4.37 Å². The van der Waals surface area contributed by atoms with Crippen molar-refractivity contribution in [3.63, 3.8) is 0 Å². The van der Waals surface area contributed by atoms with E-state index in [0.717, 1.165) is 22.3 Å². The topological polar surface area (TPSA) is 54.0 Å². The number of hydrogen-bond donors (Lipinski definition) is 2. The van der Waals surface area contributed by atoms with E-state index < -0.39 is 0 Å². The molecule has 2 atom stereocenters. The maximum atomic E-state index is 12.8. The van der Waals surface area contributed by atoms with Gasteiger partial charge in [0, 0.05) is 36.3 Å². The second kappa shape index (κ2) is 7.33. The van der Waals surface area contributed by atoms with Gasteiger partial charge in [-0.3, -0.25) is 4.79 Å². The quantitative estimate of drug-likeness (QED) is 0.742. The number of amides is 1. The minimum atomic E-state index is -0.0511. The molecule has 0 bridgehead atoms. The maximum absolute atomic E-state index is 12.8. The number of anilines is 1. The number of fused-ring (bicyclic) bond motifs is 1. The van der Waals surface area contributed by atoms with Crippen LogP contribution in [0.25, 0.3) is 10.1 Å². The molecule has 1 aliphatic heterocycles. The third kappa shape index (κ3) is 3.57. The maximum Gasteiger partial charge on any atom is 0.229 e. The number of nitrogens with zero attached hydrogens (tertiary/aromatic N) is 1. The first-order chi connectivity index (χ1) is 11.7. The highest BCUT2D eigenvalue weighted by atomic mass is 32.1. The Labute approximate surface area is 152 Å². The van der Waals surface area contributed by atoms with Crippen LogP contribution >= 0.6 is 11.5 Å². The smallest absolute Gasteiger partial charge is 0.229 e. The van der Waals surface area contributed by atoms with E-state index in [1.807, 2.05) is 24.4 Å². The SMILES string of the molecule is C.Cc1ccc([C@@H]2CNC[C@H]2C(=O)Nc2ccc3cnsc3c2)cc1. The van der Waals surface area contributed by atoms with Crippen molar-refractivity contribution in [1.29, 1.82) is 0 Å². The largest absolute Gasteiger partial charge is 0.326 e. The Kier molecular flexibility index (Phi) is 5.16. The standard InChI is InChI=1S/C19H19N3OS.CH4/c1-12-2-4-13(5-3-12)16-10-20-11-17(16)19(23)22-15-7-6-14-9-21-24-18(14)8-15;/h2-9,16-17,20H,10-11H2,1H3,(H,22,23);1H4/t16-,17+;/m0./s1. The molecule has 1 aromatic heterocycles. The number of benzene rings is 2. The molecule has 2 heterocycles. The molecular weight excluding hydrogens is 330 g/mol. The summed E-state index contributed by atoms with van der Waals surface area (Å²) in [6.45, 7) is 3.64. The third-order valence-electron chi connectivity index (χ3n) is 4.68. The van der Waals surface area contributed by atoms with Crippen LogP contribution in [0.15, 0.2) is 48.7 Å². The van der Waals surface area contributed by atoms with Gasteiger partial charge in [-0.1, -0.05) is 37.3 Å². The van der Waals surface area contributed by atoms with Crippen LogP contribution in [0.4, 0.5) is 5.69 Å². The Hall–Kier alpha value is -2.24. The number of aryl methyl sites for hydroxylation is 1. The van der Waals surface area contributed by atoms with Gasteiger partial charge in [0.2, 0.25) is 5.91 Å². The number of aromatic nitrogens is 1. The zero-order chi connectivity index (χ0) is 16.5. The lowest BCUT2D eigenvalue weighted by molar-refractivity contribution is -0.119. The summed E-state index contributed by atoms with van der Waals surface area (Å²) in [6.07, 6.45) is 1.85. The normalized spacial score (nSPS) is 19.6. The van der Waals surface area contributed by atoms with Crippen LogP contribution in [-0.4, -0.2) is 23.4 Å². The summed E-state index contributed by atoms with van der Waals surface area (Å²) in [6, 6.07) is 14.4. The summed E-state index contributed by atoms with van der Waals surface area (Å²) < 4.78 is 5.27. The first kappa shape index (κ1) is 17.6. The molecule has 0 saturated carbocycles. The van der Waals surface area contributed by atoms with Crippen molar-refractivity contribution >= 4 is 33.2 Å². The Balaban J connectivity index is 0.00000182. The third-order valence-corrected chi connectivity index (χ3v) is 5.44. The zero-order valence-corrected chi connectivity index (χ0v) is 14.3. The van der Waals surface area contributed by atoms with Crippen LogP contribution in [0, 0.1) is 12.8 Å². The molecule has 1 aliphatic rings. The van der Waals surface area contributed by atoms with Gasteiger partial charge in [-0.05, 0) is 42.2 Å². The number of hydrogen-bond acceptors (Lipinski definition) is 4. The van der Waals surface area contributed by atoms with Crippen molar-refractivity contribution in [1.82, 2.24) is 9.69 Å². The monoisotopic (exact) mass is 353 g/mol. The molecular formula is C20H23N3OS. The molecule has 1 saturated heterocycles. The number of nitrogens with one attached hydrogen (secondary N) is 2. The van der Waals surface area contributed by atoms with Gasteiger partial charge < -0.3 is 10.6 Å². The van der Waals surface area contributed by atoms with Crippen molar-refractivity contribution < 1.29 is 4.79 Å². The second-order valence-electron chi connectivity index (χ2n) is 6.35. The van der Waals surface area contributed by atoms with Gasteiger partial charge in [0.25, 0.3) is 0 Å². The first-order valence-electron chi connectivity index (χ1n) is 8.13. The van der Waals surface area contributed by atoms with E-state index in [1.165, 1.54) is 22.7 Å². The summed E-state index contributed by atoms with van der Waals surface area (Å²) >= 11 is 1.45. The molecule has 0 aliphatic carbocycles. The summed E-state index contributed by atoms with van der Waals surface area (Å²) in [5.74, 6) is 0.247. The lowest BCUT2D eigenvalue weighted by Gasteiger charge is -2.19. The highest BCUT2D eigenvalue weighted by Crippen LogP contribution is 2.30. The fourth-order valence-electron chi connectivity index (χ4n) is 3.29. The van der Waals surface area contributed by atoms with E-state index in [9.17, 15) is 4.79 Å². The minimum Gasteiger partial charge on any atom is -0.326 e. The molecule has 0 radical (unpaired) electrons. The fraction of sp³-hybridized carbons (Fsp3) is 0.300. The van der Waals surface area contributed by atoms with Gasteiger partial charge >= 0.3 is 0 Å². The number of carbonyl (C=O) groups excluding carboxylic acids is 1. The number of rotatable bonds is 3. The average Bonchev–Trinajstić information content (AvgIpc) is 3.24. The highest BCUT2D eigenvalue weighted by molar-refractivity contribution is 7.13. The van der Waals surface area contributed by atoms with E-state index in [4.69, 9.17) is 0 Å². The number of carbonyl (C=O) groups is 1. The van der Waals surface area contributed by atoms with Gasteiger partial charge in [0.1, 0.15) is 0 Å². The molecule has 0 unspecified atom stereocenters. The lowest BCUT2D eigenvalue weighted by atomic mass is 9.88. The van der Waals surface area contributed by atoms with Crippen LogP contribution in [0.5, 0.6) is 0 Å². The lowest BCUT2D eigenvalue weighted by Crippen LogP contribution is -2.28. The minimum absolute atomic E-state index is 0. The molecule has 0 spiro atoms. The van der Waals surface area contributed by atoms with Crippen LogP contribution in [-0.2, 0) is 4.79 Å². The summed E-state index contributed by atoms with van der Waals surface area (Å²) in [7, 11) is 0. The predicted octanol–water partition coefficient (Wildman–Crippen LogP) is 4.18. The Morgan fingerprint density at radius 3 is 2.80 bits per heavy atom. The average molecular weight is 353 g/mol. The molecule has 2 aromatic carbocycles.